The van der Waals surface area contributed by atoms with Crippen LogP contribution in [0, 0.1) is 0 Å². The van der Waals surface area contributed by atoms with Crippen molar-refractivity contribution in [3.8, 4) is 11.5 Å². The van der Waals surface area contributed by atoms with Gasteiger partial charge in [0.2, 0.25) is 0 Å². The molecule has 6 heteroatoms. The Morgan fingerprint density at radius 1 is 1.33 bits per heavy atom. The van der Waals surface area contributed by atoms with E-state index in [0.29, 0.717) is 13.2 Å². The third-order valence-corrected chi connectivity index (χ3v) is 4.19. The van der Waals surface area contributed by atoms with Crippen LogP contribution in [0.5, 0.6) is 11.5 Å². The molecule has 2 heterocycles. The van der Waals surface area contributed by atoms with Gasteiger partial charge in [-0.1, -0.05) is 15.9 Å². The van der Waals surface area contributed by atoms with Crippen LogP contribution >= 0.6 is 15.9 Å². The summed E-state index contributed by atoms with van der Waals surface area (Å²) in [5.41, 5.74) is 2.32. The van der Waals surface area contributed by atoms with Crippen molar-refractivity contribution >= 4 is 15.9 Å². The Balaban J connectivity index is 1.73. The SMILES string of the molecule is C[C@H](NCc1cnn(C)c1)c1cc2c(cc1Br)OCCO2. The van der Waals surface area contributed by atoms with Crippen molar-refractivity contribution in [3.05, 3.63) is 40.1 Å². The molecule has 1 aromatic heterocycles. The van der Waals surface area contributed by atoms with E-state index in [1.54, 1.807) is 0 Å². The number of hydrogen-bond donors (Lipinski definition) is 1. The molecular formula is C15H18BrN3O2. The minimum Gasteiger partial charge on any atom is -0.486 e. The zero-order valence-electron chi connectivity index (χ0n) is 12.1. The van der Waals surface area contributed by atoms with E-state index in [4.69, 9.17) is 9.47 Å². The molecule has 1 aromatic carbocycles. The third-order valence-electron chi connectivity index (χ3n) is 3.50. The normalized spacial score (nSPS) is 15.0. The largest absolute Gasteiger partial charge is 0.486 e. The van der Waals surface area contributed by atoms with Crippen LogP contribution in [0.2, 0.25) is 0 Å². The fourth-order valence-corrected chi connectivity index (χ4v) is 3.02. The number of nitrogens with zero attached hydrogens (tertiary/aromatic N) is 2. The summed E-state index contributed by atoms with van der Waals surface area (Å²) in [6, 6.07) is 4.21. The van der Waals surface area contributed by atoms with Gasteiger partial charge in [0.25, 0.3) is 0 Å². The molecule has 1 N–H and O–H groups in total. The molecule has 0 spiro atoms. The Morgan fingerprint density at radius 3 is 2.71 bits per heavy atom. The Bertz CT molecular complexity index is 642. The second kappa shape index (κ2) is 6.07. The van der Waals surface area contributed by atoms with Gasteiger partial charge in [-0.25, -0.2) is 0 Å². The van der Waals surface area contributed by atoms with E-state index in [1.165, 1.54) is 0 Å². The Morgan fingerprint density at radius 2 is 2.05 bits per heavy atom. The zero-order chi connectivity index (χ0) is 14.8. The van der Waals surface area contributed by atoms with Crippen LogP contribution in [0.4, 0.5) is 0 Å². The first kappa shape index (κ1) is 14.4. The molecule has 1 atom stereocenters. The van der Waals surface area contributed by atoms with Crippen molar-refractivity contribution in [1.29, 1.82) is 0 Å². The molecule has 0 bridgehead atoms. The maximum absolute atomic E-state index is 5.65. The minimum absolute atomic E-state index is 0.190. The summed E-state index contributed by atoms with van der Waals surface area (Å²) in [7, 11) is 1.92. The van der Waals surface area contributed by atoms with Gasteiger partial charge >= 0.3 is 0 Å². The van der Waals surface area contributed by atoms with Crippen LogP contribution in [0.15, 0.2) is 29.0 Å². The molecule has 0 fully saturated rings. The van der Waals surface area contributed by atoms with Crippen LogP contribution in [0.1, 0.15) is 24.1 Å². The summed E-state index contributed by atoms with van der Waals surface area (Å²) >= 11 is 3.61. The molecule has 112 valence electrons. The van der Waals surface area contributed by atoms with Gasteiger partial charge in [0.05, 0.1) is 6.20 Å². The summed E-state index contributed by atoms with van der Waals surface area (Å²) in [6.07, 6.45) is 3.89. The molecule has 3 rings (SSSR count). The van der Waals surface area contributed by atoms with Gasteiger partial charge in [-0.3, -0.25) is 4.68 Å². The van der Waals surface area contributed by atoms with Crippen molar-refractivity contribution < 1.29 is 9.47 Å². The number of benzene rings is 1. The molecule has 0 radical (unpaired) electrons. The number of rotatable bonds is 4. The highest BCUT2D eigenvalue weighted by Gasteiger charge is 2.17. The molecule has 1 aliphatic heterocycles. The molecule has 0 saturated carbocycles. The van der Waals surface area contributed by atoms with Gasteiger partial charge in [0, 0.05) is 35.9 Å². The Kier molecular flexibility index (Phi) is 4.17. The average Bonchev–Trinajstić information content (AvgIpc) is 2.89. The highest BCUT2D eigenvalue weighted by Crippen LogP contribution is 2.37. The lowest BCUT2D eigenvalue weighted by Crippen LogP contribution is -2.20. The predicted molar refractivity (Wildman–Crippen MR) is 83.6 cm³/mol. The number of nitrogens with one attached hydrogen (secondary N) is 1. The van der Waals surface area contributed by atoms with Crippen molar-refractivity contribution in [3.63, 3.8) is 0 Å². The van der Waals surface area contributed by atoms with Crippen LogP contribution in [-0.4, -0.2) is 23.0 Å². The number of halogens is 1. The lowest BCUT2D eigenvalue weighted by molar-refractivity contribution is 0.171. The highest BCUT2D eigenvalue weighted by atomic mass is 79.9. The first-order valence-electron chi connectivity index (χ1n) is 6.93. The van der Waals surface area contributed by atoms with E-state index in [-0.39, 0.29) is 6.04 Å². The quantitative estimate of drug-likeness (QED) is 0.919. The first-order valence-corrected chi connectivity index (χ1v) is 7.73. The second-order valence-corrected chi connectivity index (χ2v) is 6.00. The summed E-state index contributed by atoms with van der Waals surface area (Å²) in [5, 5.41) is 7.67. The summed E-state index contributed by atoms with van der Waals surface area (Å²) in [4.78, 5) is 0. The maximum atomic E-state index is 5.65. The number of aryl methyl sites for hydroxylation is 1. The smallest absolute Gasteiger partial charge is 0.162 e. The van der Waals surface area contributed by atoms with Crippen LogP contribution in [-0.2, 0) is 13.6 Å². The van der Waals surface area contributed by atoms with E-state index in [0.717, 1.165) is 33.6 Å². The third kappa shape index (κ3) is 3.22. The molecule has 21 heavy (non-hydrogen) atoms. The molecule has 2 aromatic rings. The monoisotopic (exact) mass is 351 g/mol. The van der Waals surface area contributed by atoms with E-state index < -0.39 is 0 Å². The van der Waals surface area contributed by atoms with Crippen molar-refractivity contribution in [2.45, 2.75) is 19.5 Å². The topological polar surface area (TPSA) is 48.3 Å². The number of ether oxygens (including phenoxy) is 2. The van der Waals surface area contributed by atoms with Gasteiger partial charge < -0.3 is 14.8 Å². The highest BCUT2D eigenvalue weighted by molar-refractivity contribution is 9.10. The number of hydrogen-bond acceptors (Lipinski definition) is 4. The Labute approximate surface area is 132 Å². The van der Waals surface area contributed by atoms with Gasteiger partial charge in [-0.2, -0.15) is 5.10 Å². The van der Waals surface area contributed by atoms with E-state index in [1.807, 2.05) is 36.3 Å². The van der Waals surface area contributed by atoms with E-state index in [9.17, 15) is 0 Å². The molecular weight excluding hydrogens is 334 g/mol. The van der Waals surface area contributed by atoms with Gasteiger partial charge in [-0.15, -0.1) is 0 Å². The van der Waals surface area contributed by atoms with Crippen molar-refractivity contribution in [2.24, 2.45) is 7.05 Å². The molecule has 0 saturated heterocycles. The van der Waals surface area contributed by atoms with E-state index in [2.05, 4.69) is 33.3 Å². The summed E-state index contributed by atoms with van der Waals surface area (Å²) in [6.45, 7) is 4.11. The van der Waals surface area contributed by atoms with Crippen LogP contribution in [0.3, 0.4) is 0 Å². The summed E-state index contributed by atoms with van der Waals surface area (Å²) in [5.74, 6) is 1.62. The fourth-order valence-electron chi connectivity index (χ4n) is 2.36. The van der Waals surface area contributed by atoms with Crippen molar-refractivity contribution in [2.75, 3.05) is 13.2 Å². The zero-order valence-corrected chi connectivity index (χ0v) is 13.7. The van der Waals surface area contributed by atoms with E-state index >= 15 is 0 Å². The van der Waals surface area contributed by atoms with Crippen molar-refractivity contribution in [1.82, 2.24) is 15.1 Å². The second-order valence-electron chi connectivity index (χ2n) is 5.14. The van der Waals surface area contributed by atoms with Gasteiger partial charge in [0.1, 0.15) is 13.2 Å². The Hall–Kier alpha value is -1.53. The lowest BCUT2D eigenvalue weighted by atomic mass is 10.1. The minimum atomic E-state index is 0.190. The summed E-state index contributed by atoms with van der Waals surface area (Å²) < 4.78 is 14.1. The van der Waals surface area contributed by atoms with Crippen LogP contribution < -0.4 is 14.8 Å². The molecule has 5 nitrogen and oxygen atoms in total. The standard InChI is InChI=1S/C15H18BrN3O2/c1-10(17-7-11-8-18-19(2)9-11)12-5-14-15(6-13(12)16)21-4-3-20-14/h5-6,8-10,17H,3-4,7H2,1-2H3/t10-/m0/s1. The van der Waals surface area contributed by atoms with Crippen LogP contribution in [0.25, 0.3) is 0 Å². The predicted octanol–water partition coefficient (Wildman–Crippen LogP) is 2.80. The lowest BCUT2D eigenvalue weighted by Gasteiger charge is -2.22. The molecule has 1 aliphatic rings. The number of fused-ring (bicyclic) bond motifs is 1. The first-order chi connectivity index (χ1) is 10.1. The van der Waals surface area contributed by atoms with Gasteiger partial charge in [-0.05, 0) is 24.6 Å². The fraction of sp³-hybridized carbons (Fsp3) is 0.400. The molecule has 0 unspecified atom stereocenters. The molecule has 0 aliphatic carbocycles. The number of aromatic nitrogens is 2. The average molecular weight is 352 g/mol. The molecule has 0 amide bonds. The maximum Gasteiger partial charge on any atom is 0.162 e. The van der Waals surface area contributed by atoms with Gasteiger partial charge in [0.15, 0.2) is 11.5 Å².